The zero-order chi connectivity index (χ0) is 38.2. The van der Waals surface area contributed by atoms with Gasteiger partial charge in [-0.3, -0.25) is 9.78 Å². The van der Waals surface area contributed by atoms with Crippen LogP contribution in [0.1, 0.15) is 118 Å². The van der Waals surface area contributed by atoms with Crippen LogP contribution < -0.4 is 0 Å². The molecule has 6 aromatic rings. The molecule has 3 aromatic carbocycles. The summed E-state index contributed by atoms with van der Waals surface area (Å²) < 4.78 is 4.04. The van der Waals surface area contributed by atoms with Gasteiger partial charge >= 0.3 is 0 Å². The van der Waals surface area contributed by atoms with Gasteiger partial charge in [-0.25, -0.2) is 0 Å². The van der Waals surface area contributed by atoms with E-state index in [0.717, 1.165) is 48.7 Å². The second-order valence-electron chi connectivity index (χ2n) is 16.5. The summed E-state index contributed by atoms with van der Waals surface area (Å²) in [6.07, 6.45) is 7.84. The van der Waals surface area contributed by atoms with Crippen LogP contribution in [-0.2, 0) is 36.7 Å². The SMILES string of the molecule is CCC(C)(CC)C(=O)/C=C(\O)C(C)(CC)CC.Cc1sc2cc3sc4ccnc(-c5[c-]c6ccccc6c(C(C)(C)C)c5)c4c3cc2c1CC(C)C.[Ir]. The van der Waals surface area contributed by atoms with Gasteiger partial charge in [0.2, 0.25) is 0 Å². The number of pyridine rings is 1. The van der Waals surface area contributed by atoms with Crippen molar-refractivity contribution in [2.45, 2.75) is 121 Å². The maximum atomic E-state index is 12.2. The predicted molar refractivity (Wildman–Crippen MR) is 229 cm³/mol. The number of aromatic nitrogens is 1. The van der Waals surface area contributed by atoms with Crippen molar-refractivity contribution >= 4 is 69.5 Å². The molecule has 0 aliphatic carbocycles. The molecule has 0 bridgehead atoms. The molecule has 0 amide bonds. The number of aliphatic hydroxyl groups is 1. The van der Waals surface area contributed by atoms with Crippen molar-refractivity contribution in [1.29, 1.82) is 0 Å². The minimum atomic E-state index is -0.337. The molecule has 0 fully saturated rings. The first kappa shape index (κ1) is 42.8. The Bertz CT molecular complexity index is 2260. The van der Waals surface area contributed by atoms with E-state index in [9.17, 15) is 9.90 Å². The molecule has 6 rings (SSSR count). The van der Waals surface area contributed by atoms with Gasteiger partial charge in [0, 0.05) is 67.9 Å². The summed E-state index contributed by atoms with van der Waals surface area (Å²) in [7, 11) is 0. The zero-order valence-electron chi connectivity index (χ0n) is 33.8. The Kier molecular flexibility index (Phi) is 13.6. The minimum Gasteiger partial charge on any atom is -0.512 e. The third kappa shape index (κ3) is 8.67. The maximum Gasteiger partial charge on any atom is 0.164 e. The monoisotopic (exact) mass is 925 g/mol. The van der Waals surface area contributed by atoms with Gasteiger partial charge in [-0.15, -0.1) is 51.8 Å². The summed E-state index contributed by atoms with van der Waals surface area (Å²) in [4.78, 5) is 18.6. The number of thiophene rings is 2. The van der Waals surface area contributed by atoms with Crippen molar-refractivity contribution in [3.63, 3.8) is 0 Å². The van der Waals surface area contributed by atoms with Crippen molar-refractivity contribution in [2.75, 3.05) is 0 Å². The number of aliphatic hydroxyl groups excluding tert-OH is 1. The van der Waals surface area contributed by atoms with E-state index in [1.54, 1.807) is 0 Å². The number of allylic oxidation sites excluding steroid dienone is 2. The molecule has 0 saturated heterocycles. The fourth-order valence-electron chi connectivity index (χ4n) is 7.01. The number of benzene rings is 3. The van der Waals surface area contributed by atoms with Crippen molar-refractivity contribution in [1.82, 2.24) is 4.98 Å². The fourth-order valence-corrected chi connectivity index (χ4v) is 9.33. The van der Waals surface area contributed by atoms with Crippen molar-refractivity contribution < 1.29 is 30.0 Å². The van der Waals surface area contributed by atoms with Crippen molar-refractivity contribution in [3.8, 4) is 11.3 Å². The van der Waals surface area contributed by atoms with Crippen LogP contribution in [0.15, 0.2) is 66.6 Å². The van der Waals surface area contributed by atoms with E-state index in [4.69, 9.17) is 4.98 Å². The van der Waals surface area contributed by atoms with E-state index in [1.807, 2.05) is 70.4 Å². The fraction of sp³-hybridized carbons (Fsp3) is 0.447. The minimum absolute atomic E-state index is 0. The second-order valence-corrected chi connectivity index (χ2v) is 18.9. The van der Waals surface area contributed by atoms with Gasteiger partial charge in [-0.1, -0.05) is 105 Å². The Morgan fingerprint density at radius 1 is 0.830 bits per heavy atom. The van der Waals surface area contributed by atoms with Crippen LogP contribution in [0.5, 0.6) is 0 Å². The predicted octanol–water partition coefficient (Wildman–Crippen LogP) is 14.7. The third-order valence-electron chi connectivity index (χ3n) is 11.6. The number of aryl methyl sites for hydroxylation is 1. The number of rotatable bonds is 10. The number of ketones is 1. The summed E-state index contributed by atoms with van der Waals surface area (Å²) in [5, 5.41) is 16.6. The van der Waals surface area contributed by atoms with E-state index >= 15 is 0 Å². The molecule has 1 radical (unpaired) electrons. The van der Waals surface area contributed by atoms with Gasteiger partial charge in [0.15, 0.2) is 5.78 Å². The number of carbonyl (C=O) groups is 1. The molecule has 0 atom stereocenters. The standard InChI is InChI=1S/C32H30NS2.C15H28O2.Ir/c1-18(2)13-23-19(3)34-28-17-29-25(16-24(23)28)30-27(35-29)11-12-33-31(30)21-14-20-9-7-8-10-22(20)26(15-21)32(4,5)6;1-7-14(5,8-2)12(16)11-13(17)15(6,9-3)10-4;/h7-12,15-18H,13H2,1-6H3;11,16H,7-10H2,1-6H3;/q-1;;/b;12-11-;. The number of fused-ring (bicyclic) bond motifs is 5. The van der Waals surface area contributed by atoms with Crippen LogP contribution in [-0.4, -0.2) is 15.9 Å². The molecule has 6 heteroatoms. The molecule has 0 saturated carbocycles. The molecule has 3 nitrogen and oxygen atoms in total. The molecule has 1 N–H and O–H groups in total. The summed E-state index contributed by atoms with van der Waals surface area (Å²) in [5.41, 5.74) is 4.41. The van der Waals surface area contributed by atoms with E-state index in [1.165, 1.54) is 57.7 Å². The molecular formula is C47H58IrNO2S2-. The summed E-state index contributed by atoms with van der Waals surface area (Å²) in [6, 6.07) is 21.7. The van der Waals surface area contributed by atoms with Gasteiger partial charge in [0.1, 0.15) is 5.76 Å². The van der Waals surface area contributed by atoms with E-state index in [0.29, 0.717) is 5.92 Å². The van der Waals surface area contributed by atoms with Gasteiger partial charge in [-0.05, 0) is 90.3 Å². The number of carbonyl (C=O) groups excluding carboxylic acids is 1. The van der Waals surface area contributed by atoms with E-state index < -0.39 is 0 Å². The topological polar surface area (TPSA) is 50.2 Å². The molecule has 0 unspecified atom stereocenters. The molecule has 0 aliphatic heterocycles. The van der Waals surface area contributed by atoms with Crippen LogP contribution >= 0.6 is 22.7 Å². The summed E-state index contributed by atoms with van der Waals surface area (Å²) in [5.74, 6) is 0.926. The Balaban J connectivity index is 0.000000299. The Hall–Kier alpha value is -2.89. The molecule has 285 valence electrons. The van der Waals surface area contributed by atoms with Gasteiger partial charge in [0.25, 0.3) is 0 Å². The first-order valence-corrected chi connectivity index (χ1v) is 20.8. The first-order chi connectivity index (χ1) is 24.5. The average molecular weight is 925 g/mol. The molecule has 0 spiro atoms. The van der Waals surface area contributed by atoms with Crippen molar-refractivity contribution in [3.05, 3.63) is 88.6 Å². The number of hydrogen-bond acceptors (Lipinski definition) is 5. The normalized spacial score (nSPS) is 12.8. The zero-order valence-corrected chi connectivity index (χ0v) is 37.9. The van der Waals surface area contributed by atoms with Gasteiger partial charge in [0.05, 0.1) is 0 Å². The summed E-state index contributed by atoms with van der Waals surface area (Å²) in [6.45, 7) is 25.9. The van der Waals surface area contributed by atoms with Gasteiger partial charge in [-0.2, -0.15) is 0 Å². The van der Waals surface area contributed by atoms with E-state index in [2.05, 4.69) is 96.1 Å². The van der Waals surface area contributed by atoms with Crippen LogP contribution in [0, 0.1) is 29.7 Å². The largest absolute Gasteiger partial charge is 0.512 e. The average Bonchev–Trinajstić information content (AvgIpc) is 3.63. The maximum absolute atomic E-state index is 12.2. The third-order valence-corrected chi connectivity index (χ3v) is 13.8. The van der Waals surface area contributed by atoms with Crippen LogP contribution in [0.3, 0.4) is 0 Å². The molecule has 3 heterocycles. The number of nitrogens with zero attached hydrogens (tertiary/aromatic N) is 1. The Morgan fingerprint density at radius 2 is 1.45 bits per heavy atom. The first-order valence-electron chi connectivity index (χ1n) is 19.1. The molecule has 3 aromatic heterocycles. The smallest absolute Gasteiger partial charge is 0.164 e. The quantitative estimate of drug-likeness (QED) is 0.0846. The number of hydrogen-bond donors (Lipinski definition) is 1. The van der Waals surface area contributed by atoms with Gasteiger partial charge < -0.3 is 5.11 Å². The molecule has 53 heavy (non-hydrogen) atoms. The van der Waals surface area contributed by atoms with Crippen LogP contribution in [0.25, 0.3) is 52.3 Å². The molecule has 0 aliphatic rings. The Labute approximate surface area is 339 Å². The Morgan fingerprint density at radius 3 is 2.06 bits per heavy atom. The summed E-state index contributed by atoms with van der Waals surface area (Å²) >= 11 is 3.82. The van der Waals surface area contributed by atoms with Crippen LogP contribution in [0.2, 0.25) is 0 Å². The van der Waals surface area contributed by atoms with E-state index in [-0.39, 0.29) is 47.9 Å². The van der Waals surface area contributed by atoms with Crippen LogP contribution in [0.4, 0.5) is 0 Å². The molecular weight excluding hydrogens is 867 g/mol. The second kappa shape index (κ2) is 16.9. The van der Waals surface area contributed by atoms with Crippen molar-refractivity contribution in [2.24, 2.45) is 16.7 Å².